The molecule has 152 valence electrons. The summed E-state index contributed by atoms with van der Waals surface area (Å²) in [5.41, 5.74) is 3.00. The summed E-state index contributed by atoms with van der Waals surface area (Å²) in [4.78, 5) is 10.4. The molecule has 2 aromatic carbocycles. The first-order valence-corrected chi connectivity index (χ1v) is 10.6. The largest absolute Gasteiger partial charge is 0.504 e. The summed E-state index contributed by atoms with van der Waals surface area (Å²) >= 11 is 1.51. The van der Waals surface area contributed by atoms with E-state index in [9.17, 15) is 10.2 Å². The summed E-state index contributed by atoms with van der Waals surface area (Å²) in [6, 6.07) is 13.2. The van der Waals surface area contributed by atoms with Crippen LogP contribution in [0.25, 0.3) is 21.0 Å². The van der Waals surface area contributed by atoms with Crippen molar-refractivity contribution in [2.45, 2.75) is 6.92 Å². The van der Waals surface area contributed by atoms with Crippen molar-refractivity contribution in [3.05, 3.63) is 42.5 Å². The molecule has 0 bridgehead atoms. The van der Waals surface area contributed by atoms with Gasteiger partial charge in [0, 0.05) is 37.4 Å². The van der Waals surface area contributed by atoms with Crippen LogP contribution in [-0.2, 0) is 0 Å². The first-order chi connectivity index (χ1) is 14.1. The van der Waals surface area contributed by atoms with Gasteiger partial charge >= 0.3 is 0 Å². The number of aromatic nitrogens is 1. The minimum atomic E-state index is -0.161. The highest BCUT2D eigenvalue weighted by Gasteiger charge is 2.19. The molecule has 29 heavy (non-hydrogen) atoms. The summed E-state index contributed by atoms with van der Waals surface area (Å²) in [6.07, 6.45) is 0. The average Bonchev–Trinajstić information content (AvgIpc) is 3.20. The number of rotatable bonds is 5. The van der Waals surface area contributed by atoms with Crippen LogP contribution in [0.2, 0.25) is 0 Å². The van der Waals surface area contributed by atoms with Crippen LogP contribution in [-0.4, -0.2) is 59.9 Å². The minimum absolute atomic E-state index is 0.145. The second kappa shape index (κ2) is 8.31. The maximum absolute atomic E-state index is 9.82. The number of thiazole rings is 1. The third-order valence-corrected chi connectivity index (χ3v) is 6.44. The molecule has 6 nitrogen and oxygen atoms in total. The fourth-order valence-electron chi connectivity index (χ4n) is 3.57. The van der Waals surface area contributed by atoms with E-state index in [1.165, 1.54) is 29.2 Å². The average molecular weight is 412 g/mol. The number of hydrogen-bond acceptors (Lipinski definition) is 7. The van der Waals surface area contributed by atoms with Crippen molar-refractivity contribution in [3.8, 4) is 38.4 Å². The third-order valence-electron chi connectivity index (χ3n) is 5.30. The molecule has 1 aromatic heterocycles. The van der Waals surface area contributed by atoms with Crippen molar-refractivity contribution in [2.75, 3.05) is 44.7 Å². The van der Waals surface area contributed by atoms with E-state index in [2.05, 4.69) is 46.0 Å². The van der Waals surface area contributed by atoms with Gasteiger partial charge in [-0.15, -0.1) is 11.3 Å². The van der Waals surface area contributed by atoms with Crippen LogP contribution >= 0.6 is 11.3 Å². The van der Waals surface area contributed by atoms with Gasteiger partial charge in [-0.2, -0.15) is 0 Å². The summed E-state index contributed by atoms with van der Waals surface area (Å²) < 4.78 is 5.54. The number of hydrogen-bond donors (Lipinski definition) is 2. The van der Waals surface area contributed by atoms with Gasteiger partial charge in [-0.3, -0.25) is 0 Å². The highest BCUT2D eigenvalue weighted by Crippen LogP contribution is 2.42. The lowest BCUT2D eigenvalue weighted by Gasteiger charge is -2.35. The Balaban J connectivity index is 1.64. The SMILES string of the molecule is CCN1CCN(c2cccc(-c3sc(-c4ccc(O)c(O)c4)nc3OC)c2)CC1. The standard InChI is InChI=1S/C22H25N3O3S/c1-3-24-9-11-25(12-10-24)17-6-4-5-15(13-17)20-21(28-2)23-22(29-20)16-7-8-18(26)19(27)14-16/h4-8,13-14,26-27H,3,9-12H2,1-2H3. The van der Waals surface area contributed by atoms with Crippen LogP contribution in [0.3, 0.4) is 0 Å². The lowest BCUT2D eigenvalue weighted by Crippen LogP contribution is -2.46. The fraction of sp³-hybridized carbons (Fsp3) is 0.318. The van der Waals surface area contributed by atoms with E-state index in [0.717, 1.165) is 53.7 Å². The molecule has 1 aliphatic heterocycles. The van der Waals surface area contributed by atoms with Crippen molar-refractivity contribution in [3.63, 3.8) is 0 Å². The molecule has 2 N–H and O–H groups in total. The number of likely N-dealkylation sites (N-methyl/N-ethyl adjacent to an activating group) is 1. The highest BCUT2D eigenvalue weighted by atomic mass is 32.1. The quantitative estimate of drug-likeness (QED) is 0.618. The number of phenolic OH excluding ortho intramolecular Hbond substituents is 2. The topological polar surface area (TPSA) is 69.1 Å². The van der Waals surface area contributed by atoms with Gasteiger partial charge in [0.25, 0.3) is 0 Å². The van der Waals surface area contributed by atoms with Crippen LogP contribution < -0.4 is 9.64 Å². The maximum atomic E-state index is 9.82. The number of phenols is 2. The van der Waals surface area contributed by atoms with E-state index >= 15 is 0 Å². The molecule has 0 aliphatic carbocycles. The van der Waals surface area contributed by atoms with Gasteiger partial charge in [-0.25, -0.2) is 4.98 Å². The lowest BCUT2D eigenvalue weighted by atomic mass is 10.1. The smallest absolute Gasteiger partial charge is 0.232 e. The van der Waals surface area contributed by atoms with Crippen molar-refractivity contribution < 1.29 is 14.9 Å². The molecule has 0 saturated carbocycles. The number of nitrogens with zero attached hydrogens (tertiary/aromatic N) is 3. The summed E-state index contributed by atoms with van der Waals surface area (Å²) in [5.74, 6) is 0.255. The van der Waals surface area contributed by atoms with E-state index in [1.54, 1.807) is 13.2 Å². The highest BCUT2D eigenvalue weighted by molar-refractivity contribution is 7.18. The molecular formula is C22H25N3O3S. The van der Waals surface area contributed by atoms with Gasteiger partial charge < -0.3 is 24.7 Å². The Morgan fingerprint density at radius 3 is 2.48 bits per heavy atom. The van der Waals surface area contributed by atoms with E-state index in [-0.39, 0.29) is 11.5 Å². The third kappa shape index (κ3) is 4.02. The molecular weight excluding hydrogens is 386 g/mol. The zero-order valence-corrected chi connectivity index (χ0v) is 17.4. The van der Waals surface area contributed by atoms with Gasteiger partial charge in [0.05, 0.1) is 12.0 Å². The van der Waals surface area contributed by atoms with Gasteiger partial charge in [-0.1, -0.05) is 19.1 Å². The molecule has 0 atom stereocenters. The molecule has 4 rings (SSSR count). The van der Waals surface area contributed by atoms with E-state index in [1.807, 2.05) is 0 Å². The second-order valence-corrected chi connectivity index (χ2v) is 8.03. The molecule has 7 heteroatoms. The minimum Gasteiger partial charge on any atom is -0.504 e. The molecule has 1 fully saturated rings. The van der Waals surface area contributed by atoms with Crippen LogP contribution in [0, 0.1) is 0 Å². The number of aromatic hydroxyl groups is 2. The van der Waals surface area contributed by atoms with Gasteiger partial charge in [-0.05, 0) is 42.4 Å². The Kier molecular flexibility index (Phi) is 5.60. The maximum Gasteiger partial charge on any atom is 0.232 e. The van der Waals surface area contributed by atoms with Gasteiger partial charge in [0.1, 0.15) is 5.01 Å². The number of anilines is 1. The van der Waals surface area contributed by atoms with Crippen LogP contribution in [0.1, 0.15) is 6.92 Å². The van der Waals surface area contributed by atoms with Crippen molar-refractivity contribution in [1.82, 2.24) is 9.88 Å². The van der Waals surface area contributed by atoms with E-state index in [0.29, 0.717) is 5.88 Å². The van der Waals surface area contributed by atoms with Crippen LogP contribution in [0.4, 0.5) is 5.69 Å². The lowest BCUT2D eigenvalue weighted by molar-refractivity contribution is 0.271. The Hall–Kier alpha value is -2.77. The summed E-state index contributed by atoms with van der Waals surface area (Å²) in [6.45, 7) is 7.52. The predicted octanol–water partition coefficient (Wildman–Crippen LogP) is 4.04. The molecule has 1 aliphatic rings. The Bertz CT molecular complexity index is 997. The fourth-order valence-corrected chi connectivity index (χ4v) is 4.60. The first-order valence-electron chi connectivity index (χ1n) is 9.74. The van der Waals surface area contributed by atoms with Crippen molar-refractivity contribution in [2.24, 2.45) is 0 Å². The zero-order valence-electron chi connectivity index (χ0n) is 16.6. The van der Waals surface area contributed by atoms with E-state index in [4.69, 9.17) is 4.74 Å². The number of benzene rings is 2. The zero-order chi connectivity index (χ0) is 20.4. The van der Waals surface area contributed by atoms with Crippen LogP contribution in [0.15, 0.2) is 42.5 Å². The predicted molar refractivity (Wildman–Crippen MR) is 117 cm³/mol. The van der Waals surface area contributed by atoms with Gasteiger partial charge in [0.15, 0.2) is 11.5 Å². The normalized spacial score (nSPS) is 14.9. The molecule has 3 aromatic rings. The molecule has 1 saturated heterocycles. The molecule has 0 unspecified atom stereocenters. The molecule has 2 heterocycles. The van der Waals surface area contributed by atoms with Gasteiger partial charge in [0.2, 0.25) is 5.88 Å². The Labute approximate surface area is 174 Å². The first kappa shape index (κ1) is 19.5. The monoisotopic (exact) mass is 411 g/mol. The molecule has 0 amide bonds. The van der Waals surface area contributed by atoms with Crippen molar-refractivity contribution >= 4 is 17.0 Å². The second-order valence-electron chi connectivity index (χ2n) is 7.03. The van der Waals surface area contributed by atoms with Crippen molar-refractivity contribution in [1.29, 1.82) is 0 Å². The molecule has 0 spiro atoms. The van der Waals surface area contributed by atoms with E-state index < -0.39 is 0 Å². The van der Waals surface area contributed by atoms with Crippen LogP contribution in [0.5, 0.6) is 17.4 Å². The Morgan fingerprint density at radius 1 is 1.00 bits per heavy atom. The summed E-state index contributed by atoms with van der Waals surface area (Å²) in [5, 5.41) is 20.1. The molecule has 0 radical (unpaired) electrons. The number of methoxy groups -OCH3 is 1. The Morgan fingerprint density at radius 2 is 1.79 bits per heavy atom. The number of piperazine rings is 1. The number of ether oxygens (including phenoxy) is 1. The summed E-state index contributed by atoms with van der Waals surface area (Å²) in [7, 11) is 1.62.